The van der Waals surface area contributed by atoms with Crippen molar-refractivity contribution in [3.8, 4) is 0 Å². The SMILES string of the molecule is O=C(NS(=O)(=O)N1CC2(CCO2)C1)c1cccc(C2CC2)c1F. The fourth-order valence-electron chi connectivity index (χ4n) is 3.08. The first-order valence-electron chi connectivity index (χ1n) is 7.65. The van der Waals surface area contributed by atoms with Gasteiger partial charge in [-0.3, -0.25) is 4.79 Å². The summed E-state index contributed by atoms with van der Waals surface area (Å²) in [5.41, 5.74) is -0.108. The standard InChI is InChI=1S/C15H17FN2O4S/c16-13-11(10-4-5-10)2-1-3-12(13)14(19)17-23(20,21)18-8-15(9-18)6-7-22-15/h1-3,10H,4-9H2,(H,17,19). The van der Waals surface area contributed by atoms with Crippen LogP contribution in [0.3, 0.4) is 0 Å². The first-order valence-corrected chi connectivity index (χ1v) is 9.09. The molecule has 1 amide bonds. The molecule has 2 heterocycles. The predicted octanol–water partition coefficient (Wildman–Crippen LogP) is 1.15. The maximum Gasteiger partial charge on any atom is 0.304 e. The van der Waals surface area contributed by atoms with E-state index in [2.05, 4.69) is 0 Å². The van der Waals surface area contributed by atoms with E-state index in [9.17, 15) is 17.6 Å². The Kier molecular flexibility index (Phi) is 3.26. The number of hydrogen-bond donors (Lipinski definition) is 1. The van der Waals surface area contributed by atoms with Crippen LogP contribution in [0.4, 0.5) is 4.39 Å². The minimum absolute atomic E-state index is 0.144. The molecule has 4 rings (SSSR count). The summed E-state index contributed by atoms with van der Waals surface area (Å²) < 4.78 is 47.2. The van der Waals surface area contributed by atoms with Crippen molar-refractivity contribution in [2.45, 2.75) is 30.8 Å². The van der Waals surface area contributed by atoms with E-state index >= 15 is 0 Å². The van der Waals surface area contributed by atoms with E-state index in [0.29, 0.717) is 12.2 Å². The normalized spacial score (nSPS) is 23.2. The number of halogens is 1. The number of carbonyl (C=O) groups is 1. The van der Waals surface area contributed by atoms with Crippen LogP contribution in [0.25, 0.3) is 0 Å². The smallest absolute Gasteiger partial charge is 0.304 e. The Labute approximate surface area is 133 Å². The molecule has 1 N–H and O–H groups in total. The van der Waals surface area contributed by atoms with Crippen LogP contribution in [0.15, 0.2) is 18.2 Å². The number of nitrogens with zero attached hydrogens (tertiary/aromatic N) is 1. The van der Waals surface area contributed by atoms with Crippen LogP contribution < -0.4 is 4.72 Å². The second-order valence-corrected chi connectivity index (χ2v) is 8.14. The number of benzene rings is 1. The van der Waals surface area contributed by atoms with Gasteiger partial charge >= 0.3 is 10.2 Å². The Morgan fingerprint density at radius 2 is 2.04 bits per heavy atom. The Balaban J connectivity index is 1.48. The maximum atomic E-state index is 14.4. The molecule has 1 aliphatic carbocycles. The van der Waals surface area contributed by atoms with Crippen molar-refractivity contribution in [2.75, 3.05) is 19.7 Å². The summed E-state index contributed by atoms with van der Waals surface area (Å²) in [6.45, 7) is 1.11. The number of hydrogen-bond acceptors (Lipinski definition) is 4. The van der Waals surface area contributed by atoms with Gasteiger partial charge in [-0.15, -0.1) is 0 Å². The fourth-order valence-corrected chi connectivity index (χ4v) is 4.36. The van der Waals surface area contributed by atoms with Gasteiger partial charge in [-0.1, -0.05) is 12.1 Å². The molecule has 1 saturated carbocycles. The lowest BCUT2D eigenvalue weighted by atomic mass is 9.89. The third-order valence-corrected chi connectivity index (χ3v) is 6.13. The summed E-state index contributed by atoms with van der Waals surface area (Å²) in [5.74, 6) is -1.41. The molecule has 3 fully saturated rings. The van der Waals surface area contributed by atoms with Crippen LogP contribution in [-0.4, -0.2) is 43.9 Å². The largest absolute Gasteiger partial charge is 0.372 e. The summed E-state index contributed by atoms with van der Waals surface area (Å²) >= 11 is 0. The summed E-state index contributed by atoms with van der Waals surface area (Å²) in [4.78, 5) is 12.2. The van der Waals surface area contributed by atoms with Gasteiger partial charge < -0.3 is 4.74 Å². The minimum Gasteiger partial charge on any atom is -0.372 e. The van der Waals surface area contributed by atoms with Gasteiger partial charge in [-0.2, -0.15) is 12.7 Å². The number of carbonyl (C=O) groups excluding carboxylic acids is 1. The van der Waals surface area contributed by atoms with E-state index in [1.807, 2.05) is 4.72 Å². The monoisotopic (exact) mass is 340 g/mol. The number of rotatable bonds is 4. The quantitative estimate of drug-likeness (QED) is 0.892. The second kappa shape index (κ2) is 4.99. The van der Waals surface area contributed by atoms with Gasteiger partial charge in [-0.25, -0.2) is 9.11 Å². The van der Waals surface area contributed by atoms with E-state index in [4.69, 9.17) is 4.74 Å². The Hall–Kier alpha value is -1.51. The fraction of sp³-hybridized carbons (Fsp3) is 0.533. The van der Waals surface area contributed by atoms with Crippen molar-refractivity contribution in [2.24, 2.45) is 0 Å². The summed E-state index contributed by atoms with van der Waals surface area (Å²) in [7, 11) is -3.97. The molecule has 2 saturated heterocycles. The Bertz CT molecular complexity index is 764. The van der Waals surface area contributed by atoms with Gasteiger partial charge in [0.2, 0.25) is 0 Å². The van der Waals surface area contributed by atoms with Crippen LogP contribution >= 0.6 is 0 Å². The van der Waals surface area contributed by atoms with Crippen molar-refractivity contribution in [3.05, 3.63) is 35.1 Å². The zero-order chi connectivity index (χ0) is 16.2. The molecule has 1 spiro atoms. The molecule has 124 valence electrons. The second-order valence-electron chi connectivity index (χ2n) is 6.47. The molecular weight excluding hydrogens is 323 g/mol. The maximum absolute atomic E-state index is 14.4. The van der Waals surface area contributed by atoms with E-state index in [-0.39, 0.29) is 30.2 Å². The lowest BCUT2D eigenvalue weighted by Gasteiger charge is -2.53. The summed E-state index contributed by atoms with van der Waals surface area (Å²) in [6.07, 6.45) is 2.62. The molecule has 6 nitrogen and oxygen atoms in total. The number of nitrogens with one attached hydrogen (secondary N) is 1. The van der Waals surface area contributed by atoms with E-state index < -0.39 is 21.9 Å². The molecule has 0 bridgehead atoms. The summed E-state index contributed by atoms with van der Waals surface area (Å²) in [5, 5.41) is 0. The van der Waals surface area contributed by atoms with Gasteiger partial charge in [0.05, 0.1) is 17.8 Å². The highest BCUT2D eigenvalue weighted by atomic mass is 32.2. The van der Waals surface area contributed by atoms with Crippen molar-refractivity contribution in [3.63, 3.8) is 0 Å². The predicted molar refractivity (Wildman–Crippen MR) is 79.6 cm³/mol. The third-order valence-electron chi connectivity index (χ3n) is 4.75. The topological polar surface area (TPSA) is 75.7 Å². The van der Waals surface area contributed by atoms with Gasteiger partial charge in [-0.05, 0) is 30.4 Å². The van der Waals surface area contributed by atoms with Gasteiger partial charge in [0.1, 0.15) is 5.82 Å². The average Bonchev–Trinajstić information content (AvgIpc) is 3.18. The van der Waals surface area contributed by atoms with Crippen LogP contribution in [0.2, 0.25) is 0 Å². The molecule has 1 aromatic rings. The molecule has 0 atom stereocenters. The van der Waals surface area contributed by atoms with Crippen molar-refractivity contribution < 1.29 is 22.3 Å². The molecule has 1 aromatic carbocycles. The minimum atomic E-state index is -3.97. The molecule has 0 unspecified atom stereocenters. The molecular formula is C15H17FN2O4S. The van der Waals surface area contributed by atoms with E-state index in [1.165, 1.54) is 6.07 Å². The molecule has 8 heteroatoms. The molecule has 0 aromatic heterocycles. The molecule has 3 aliphatic rings. The van der Waals surface area contributed by atoms with Crippen LogP contribution in [0, 0.1) is 5.82 Å². The van der Waals surface area contributed by atoms with Crippen molar-refractivity contribution >= 4 is 16.1 Å². The first kappa shape index (κ1) is 15.0. The zero-order valence-corrected chi connectivity index (χ0v) is 13.2. The third kappa shape index (κ3) is 2.54. The molecule has 23 heavy (non-hydrogen) atoms. The highest BCUT2D eigenvalue weighted by molar-refractivity contribution is 7.87. The zero-order valence-electron chi connectivity index (χ0n) is 12.4. The number of amides is 1. The van der Waals surface area contributed by atoms with Crippen LogP contribution in [-0.2, 0) is 14.9 Å². The highest BCUT2D eigenvalue weighted by Gasteiger charge is 2.53. The molecule has 2 aliphatic heterocycles. The highest BCUT2D eigenvalue weighted by Crippen LogP contribution is 2.41. The van der Waals surface area contributed by atoms with E-state index in [0.717, 1.165) is 23.6 Å². The van der Waals surface area contributed by atoms with Gasteiger partial charge in [0.25, 0.3) is 5.91 Å². The first-order chi connectivity index (χ1) is 10.9. The lowest BCUT2D eigenvalue weighted by molar-refractivity contribution is -0.201. The van der Waals surface area contributed by atoms with Crippen LogP contribution in [0.5, 0.6) is 0 Å². The summed E-state index contributed by atoms with van der Waals surface area (Å²) in [6, 6.07) is 4.53. The van der Waals surface area contributed by atoms with E-state index in [1.54, 1.807) is 12.1 Å². The van der Waals surface area contributed by atoms with Crippen molar-refractivity contribution in [1.29, 1.82) is 0 Å². The van der Waals surface area contributed by atoms with Gasteiger partial charge in [0, 0.05) is 19.5 Å². The van der Waals surface area contributed by atoms with Gasteiger partial charge in [0.15, 0.2) is 0 Å². The van der Waals surface area contributed by atoms with Crippen LogP contribution in [0.1, 0.15) is 41.1 Å². The lowest BCUT2D eigenvalue weighted by Crippen LogP contribution is -2.70. The molecule has 0 radical (unpaired) electrons. The Morgan fingerprint density at radius 1 is 1.35 bits per heavy atom. The van der Waals surface area contributed by atoms with Crippen molar-refractivity contribution in [1.82, 2.24) is 9.03 Å². The Morgan fingerprint density at radius 3 is 2.61 bits per heavy atom. The number of ether oxygens (including phenoxy) is 1. The average molecular weight is 340 g/mol.